The molecule has 0 saturated heterocycles. The molecule has 0 amide bonds. The van der Waals surface area contributed by atoms with Gasteiger partial charge in [0.25, 0.3) is 0 Å². The average Bonchev–Trinajstić information content (AvgIpc) is 2.38. The topological polar surface area (TPSA) is 26.3 Å². The summed E-state index contributed by atoms with van der Waals surface area (Å²) in [5.74, 6) is 1.34. The van der Waals surface area contributed by atoms with Crippen LogP contribution >= 0.6 is 11.6 Å². The van der Waals surface area contributed by atoms with Gasteiger partial charge in [-0.15, -0.1) is 11.6 Å². The highest BCUT2D eigenvalue weighted by Gasteiger charge is 2.14. The molecule has 0 aliphatic heterocycles. The zero-order valence-corrected chi connectivity index (χ0v) is 13.0. The van der Waals surface area contributed by atoms with Crippen LogP contribution in [0, 0.1) is 5.92 Å². The molecule has 0 saturated carbocycles. The lowest BCUT2D eigenvalue weighted by molar-refractivity contribution is -0.149. The lowest BCUT2D eigenvalue weighted by atomic mass is 9.95. The molecule has 0 aliphatic rings. The van der Waals surface area contributed by atoms with Crippen LogP contribution in [0.1, 0.15) is 72.1 Å². The van der Waals surface area contributed by atoms with Crippen molar-refractivity contribution in [1.82, 2.24) is 0 Å². The van der Waals surface area contributed by atoms with E-state index in [9.17, 15) is 4.79 Å². The zero-order chi connectivity index (χ0) is 13.8. The fourth-order valence-corrected chi connectivity index (χ4v) is 2.26. The van der Waals surface area contributed by atoms with Gasteiger partial charge in [-0.2, -0.15) is 0 Å². The van der Waals surface area contributed by atoms with E-state index in [0.717, 1.165) is 31.6 Å². The number of esters is 1. The number of halogens is 1. The molecule has 0 N–H and O–H groups in total. The maximum absolute atomic E-state index is 11.6. The van der Waals surface area contributed by atoms with Gasteiger partial charge in [0, 0.05) is 12.3 Å². The van der Waals surface area contributed by atoms with Crippen molar-refractivity contribution >= 4 is 17.6 Å². The molecule has 0 heterocycles. The number of carbonyl (C=O) groups excluding carboxylic acids is 1. The van der Waals surface area contributed by atoms with Crippen LogP contribution in [0.5, 0.6) is 0 Å². The van der Waals surface area contributed by atoms with Crippen molar-refractivity contribution in [2.45, 2.75) is 78.2 Å². The highest BCUT2D eigenvalue weighted by atomic mass is 35.5. The molecule has 108 valence electrons. The van der Waals surface area contributed by atoms with Crippen molar-refractivity contribution in [3.05, 3.63) is 0 Å². The van der Waals surface area contributed by atoms with Gasteiger partial charge in [0.1, 0.15) is 6.10 Å². The van der Waals surface area contributed by atoms with Gasteiger partial charge in [0.2, 0.25) is 0 Å². The summed E-state index contributed by atoms with van der Waals surface area (Å²) in [6, 6.07) is 0. The van der Waals surface area contributed by atoms with Gasteiger partial charge < -0.3 is 4.74 Å². The maximum atomic E-state index is 11.6. The molecule has 3 heteroatoms. The van der Waals surface area contributed by atoms with Crippen LogP contribution < -0.4 is 0 Å². The molecule has 1 unspecified atom stereocenters. The number of hydrogen-bond acceptors (Lipinski definition) is 2. The Morgan fingerprint density at radius 3 is 2.22 bits per heavy atom. The van der Waals surface area contributed by atoms with Crippen LogP contribution in [0.25, 0.3) is 0 Å². The number of hydrogen-bond donors (Lipinski definition) is 0. The molecular weight excluding hydrogens is 248 g/mol. The standard InChI is InChI=1S/C15H29ClO2/c1-4-13(5-2)10-11-14(6-3)18-15(17)9-7-8-12-16/h13-14H,4-12H2,1-3H3. The summed E-state index contributed by atoms with van der Waals surface area (Å²) < 4.78 is 5.50. The molecule has 0 bridgehead atoms. The Labute approximate surface area is 117 Å². The first-order chi connectivity index (χ1) is 8.67. The Bertz CT molecular complexity index is 203. The molecule has 0 spiro atoms. The molecule has 18 heavy (non-hydrogen) atoms. The molecule has 0 rings (SSSR count). The molecule has 0 aromatic heterocycles. The Hall–Kier alpha value is -0.240. The first-order valence-electron chi connectivity index (χ1n) is 7.43. The second kappa shape index (κ2) is 11.8. The lowest BCUT2D eigenvalue weighted by Gasteiger charge is -2.19. The lowest BCUT2D eigenvalue weighted by Crippen LogP contribution is -2.18. The number of alkyl halides is 1. The average molecular weight is 277 g/mol. The number of carbonyl (C=O) groups is 1. The largest absolute Gasteiger partial charge is 0.462 e. The number of ether oxygens (including phenoxy) is 1. The Morgan fingerprint density at radius 2 is 1.72 bits per heavy atom. The molecule has 2 nitrogen and oxygen atoms in total. The van der Waals surface area contributed by atoms with Crippen molar-refractivity contribution in [2.75, 3.05) is 5.88 Å². The van der Waals surface area contributed by atoms with E-state index in [0.29, 0.717) is 12.3 Å². The van der Waals surface area contributed by atoms with E-state index in [-0.39, 0.29) is 12.1 Å². The van der Waals surface area contributed by atoms with Gasteiger partial charge in [-0.3, -0.25) is 4.79 Å². The summed E-state index contributed by atoms with van der Waals surface area (Å²) in [7, 11) is 0. The van der Waals surface area contributed by atoms with Gasteiger partial charge >= 0.3 is 5.97 Å². The molecule has 0 fully saturated rings. The summed E-state index contributed by atoms with van der Waals surface area (Å²) in [5.41, 5.74) is 0. The Balaban J connectivity index is 3.84. The van der Waals surface area contributed by atoms with Crippen LogP contribution in [-0.4, -0.2) is 18.0 Å². The fourth-order valence-electron chi connectivity index (χ4n) is 2.07. The fraction of sp³-hybridized carbons (Fsp3) is 0.933. The Morgan fingerprint density at radius 1 is 1.06 bits per heavy atom. The van der Waals surface area contributed by atoms with Gasteiger partial charge in [0.15, 0.2) is 0 Å². The zero-order valence-electron chi connectivity index (χ0n) is 12.2. The Kier molecular flexibility index (Phi) is 11.7. The minimum Gasteiger partial charge on any atom is -0.462 e. The van der Waals surface area contributed by atoms with E-state index in [2.05, 4.69) is 20.8 Å². The third kappa shape index (κ3) is 8.79. The van der Waals surface area contributed by atoms with Crippen molar-refractivity contribution < 1.29 is 9.53 Å². The second-order valence-corrected chi connectivity index (χ2v) is 5.30. The number of unbranched alkanes of at least 4 members (excludes halogenated alkanes) is 1. The van der Waals surface area contributed by atoms with E-state index >= 15 is 0 Å². The van der Waals surface area contributed by atoms with Crippen LogP contribution in [0.15, 0.2) is 0 Å². The summed E-state index contributed by atoms with van der Waals surface area (Å²) >= 11 is 5.58. The third-order valence-electron chi connectivity index (χ3n) is 3.57. The van der Waals surface area contributed by atoms with E-state index in [1.807, 2.05) is 0 Å². The third-order valence-corrected chi connectivity index (χ3v) is 3.84. The highest BCUT2D eigenvalue weighted by Crippen LogP contribution is 2.19. The van der Waals surface area contributed by atoms with Gasteiger partial charge in [-0.25, -0.2) is 0 Å². The van der Waals surface area contributed by atoms with Crippen molar-refractivity contribution in [1.29, 1.82) is 0 Å². The van der Waals surface area contributed by atoms with E-state index in [4.69, 9.17) is 16.3 Å². The van der Waals surface area contributed by atoms with Crippen LogP contribution in [0.2, 0.25) is 0 Å². The van der Waals surface area contributed by atoms with Crippen molar-refractivity contribution in [3.63, 3.8) is 0 Å². The summed E-state index contributed by atoms with van der Waals surface area (Å²) in [6.45, 7) is 6.55. The molecule has 0 radical (unpaired) electrons. The summed E-state index contributed by atoms with van der Waals surface area (Å²) in [4.78, 5) is 11.6. The quantitative estimate of drug-likeness (QED) is 0.304. The molecule has 1 atom stereocenters. The molecule has 0 aromatic rings. The number of rotatable bonds is 11. The summed E-state index contributed by atoms with van der Waals surface area (Å²) in [5, 5.41) is 0. The smallest absolute Gasteiger partial charge is 0.306 e. The highest BCUT2D eigenvalue weighted by molar-refractivity contribution is 6.17. The second-order valence-electron chi connectivity index (χ2n) is 4.93. The van der Waals surface area contributed by atoms with Crippen LogP contribution in [0.4, 0.5) is 0 Å². The van der Waals surface area contributed by atoms with E-state index in [1.165, 1.54) is 19.3 Å². The van der Waals surface area contributed by atoms with Gasteiger partial charge in [0.05, 0.1) is 0 Å². The molecule has 0 aromatic carbocycles. The predicted molar refractivity (Wildman–Crippen MR) is 78.0 cm³/mol. The SMILES string of the molecule is CCC(CC)CCC(CC)OC(=O)CCCCCl. The van der Waals surface area contributed by atoms with Crippen LogP contribution in [0.3, 0.4) is 0 Å². The first-order valence-corrected chi connectivity index (χ1v) is 7.96. The van der Waals surface area contributed by atoms with E-state index < -0.39 is 0 Å². The monoisotopic (exact) mass is 276 g/mol. The molecular formula is C15H29ClO2. The van der Waals surface area contributed by atoms with Crippen LogP contribution in [-0.2, 0) is 9.53 Å². The van der Waals surface area contributed by atoms with Gasteiger partial charge in [-0.1, -0.05) is 33.6 Å². The summed E-state index contributed by atoms with van der Waals surface area (Å²) in [6.07, 6.45) is 7.87. The minimum atomic E-state index is -0.0588. The van der Waals surface area contributed by atoms with E-state index in [1.54, 1.807) is 0 Å². The van der Waals surface area contributed by atoms with Crippen molar-refractivity contribution in [3.8, 4) is 0 Å². The van der Waals surface area contributed by atoms with Gasteiger partial charge in [-0.05, 0) is 38.0 Å². The molecule has 0 aliphatic carbocycles. The predicted octanol–water partition coefficient (Wildman–Crippen LogP) is 4.93. The van der Waals surface area contributed by atoms with Crippen molar-refractivity contribution in [2.24, 2.45) is 5.92 Å². The maximum Gasteiger partial charge on any atom is 0.306 e. The minimum absolute atomic E-state index is 0.0588. The first kappa shape index (κ1) is 17.8. The normalized spacial score (nSPS) is 12.7.